The van der Waals surface area contributed by atoms with Crippen LogP contribution >= 0.6 is 0 Å². The largest absolute Gasteiger partial charge is 0.496 e. The van der Waals surface area contributed by atoms with Crippen LogP contribution in [0.4, 0.5) is 0 Å². The maximum Gasteiger partial charge on any atom is 0.253 e. The summed E-state index contributed by atoms with van der Waals surface area (Å²) < 4.78 is 5.41. The number of piperidine rings is 1. The standard InChI is InChI=1S/C24H26N2O3/c1-15-11-20(12-16(2)23(15)29-3)22(27)19-5-4-10-26(14-19)24(28)18-7-6-17-8-9-25-21(17)13-18/h6-9,11-13,19,25H,4-5,10,14H2,1-3H3/t19-/m1/s1. The molecule has 29 heavy (non-hydrogen) atoms. The Labute approximate surface area is 170 Å². The van der Waals surface area contributed by atoms with E-state index < -0.39 is 0 Å². The highest BCUT2D eigenvalue weighted by Gasteiger charge is 2.30. The van der Waals surface area contributed by atoms with Crippen molar-refractivity contribution in [2.75, 3.05) is 20.2 Å². The third-order valence-corrected chi connectivity index (χ3v) is 5.83. The smallest absolute Gasteiger partial charge is 0.253 e. The molecule has 1 amide bonds. The van der Waals surface area contributed by atoms with Gasteiger partial charge in [0.05, 0.1) is 7.11 Å². The number of hydrogen-bond acceptors (Lipinski definition) is 3. The highest BCUT2D eigenvalue weighted by atomic mass is 16.5. The van der Waals surface area contributed by atoms with Gasteiger partial charge in [-0.3, -0.25) is 9.59 Å². The van der Waals surface area contributed by atoms with Gasteiger partial charge in [-0.2, -0.15) is 0 Å². The van der Waals surface area contributed by atoms with Gasteiger partial charge in [0, 0.05) is 41.8 Å². The Morgan fingerprint density at radius 1 is 1.07 bits per heavy atom. The van der Waals surface area contributed by atoms with Crippen molar-refractivity contribution in [3.8, 4) is 5.75 Å². The lowest BCUT2D eigenvalue weighted by Crippen LogP contribution is -2.42. The van der Waals surface area contributed by atoms with Crippen molar-refractivity contribution in [1.82, 2.24) is 9.88 Å². The summed E-state index contributed by atoms with van der Waals surface area (Å²) >= 11 is 0. The van der Waals surface area contributed by atoms with Crippen molar-refractivity contribution in [3.63, 3.8) is 0 Å². The lowest BCUT2D eigenvalue weighted by atomic mass is 9.88. The first-order valence-electron chi connectivity index (χ1n) is 10.0. The van der Waals surface area contributed by atoms with Crippen molar-refractivity contribution < 1.29 is 14.3 Å². The van der Waals surface area contributed by atoms with E-state index in [1.807, 2.05) is 61.3 Å². The van der Waals surface area contributed by atoms with Crippen LogP contribution in [0.2, 0.25) is 0 Å². The van der Waals surface area contributed by atoms with Crippen LogP contribution in [0, 0.1) is 19.8 Å². The summed E-state index contributed by atoms with van der Waals surface area (Å²) in [6.07, 6.45) is 3.51. The van der Waals surface area contributed by atoms with E-state index in [-0.39, 0.29) is 17.6 Å². The van der Waals surface area contributed by atoms with Gasteiger partial charge in [0.25, 0.3) is 5.91 Å². The van der Waals surface area contributed by atoms with Gasteiger partial charge in [0.2, 0.25) is 0 Å². The number of Topliss-reactive ketones (excluding diaryl/α,β-unsaturated/α-hetero) is 1. The molecule has 150 valence electrons. The molecule has 1 saturated heterocycles. The number of carbonyl (C=O) groups is 2. The average Bonchev–Trinajstić information content (AvgIpc) is 3.20. The van der Waals surface area contributed by atoms with Crippen LogP contribution in [0.25, 0.3) is 10.9 Å². The molecule has 2 heterocycles. The zero-order chi connectivity index (χ0) is 20.5. The van der Waals surface area contributed by atoms with Crippen LogP contribution < -0.4 is 4.74 Å². The molecule has 1 aliphatic rings. The fourth-order valence-corrected chi connectivity index (χ4v) is 4.39. The minimum atomic E-state index is -0.172. The summed E-state index contributed by atoms with van der Waals surface area (Å²) in [5.41, 5.74) is 4.22. The second kappa shape index (κ2) is 7.74. The number of nitrogens with one attached hydrogen (secondary N) is 1. The minimum absolute atomic E-state index is 0.0129. The fraction of sp³-hybridized carbons (Fsp3) is 0.333. The van der Waals surface area contributed by atoms with Gasteiger partial charge in [-0.15, -0.1) is 0 Å². The Kier molecular flexibility index (Phi) is 5.14. The zero-order valence-corrected chi connectivity index (χ0v) is 17.1. The molecular weight excluding hydrogens is 364 g/mol. The highest BCUT2D eigenvalue weighted by Crippen LogP contribution is 2.28. The summed E-state index contributed by atoms with van der Waals surface area (Å²) in [6.45, 7) is 5.06. The van der Waals surface area contributed by atoms with Crippen molar-refractivity contribution in [1.29, 1.82) is 0 Å². The predicted molar refractivity (Wildman–Crippen MR) is 114 cm³/mol. The lowest BCUT2D eigenvalue weighted by Gasteiger charge is -2.32. The number of H-pyrrole nitrogens is 1. The average molecular weight is 390 g/mol. The lowest BCUT2D eigenvalue weighted by molar-refractivity contribution is 0.0637. The van der Waals surface area contributed by atoms with Gasteiger partial charge >= 0.3 is 0 Å². The number of nitrogens with zero attached hydrogens (tertiary/aromatic N) is 1. The molecule has 5 heteroatoms. The van der Waals surface area contributed by atoms with Gasteiger partial charge in [-0.05, 0) is 73.5 Å². The molecule has 0 spiro atoms. The molecule has 0 bridgehead atoms. The first-order chi connectivity index (χ1) is 14.0. The molecule has 4 rings (SSSR count). The Morgan fingerprint density at radius 2 is 1.83 bits per heavy atom. The number of aromatic nitrogens is 1. The number of aromatic amines is 1. The molecule has 3 aromatic rings. The number of fused-ring (bicyclic) bond motifs is 1. The van der Waals surface area contributed by atoms with Crippen molar-refractivity contribution in [2.45, 2.75) is 26.7 Å². The number of aryl methyl sites for hydroxylation is 2. The third kappa shape index (κ3) is 3.65. The molecule has 5 nitrogen and oxygen atoms in total. The summed E-state index contributed by atoms with van der Waals surface area (Å²) in [5, 5.41) is 1.08. The molecule has 0 radical (unpaired) electrons. The van der Waals surface area contributed by atoms with Crippen LogP contribution in [-0.4, -0.2) is 41.8 Å². The number of ether oxygens (including phenoxy) is 1. The van der Waals surface area contributed by atoms with E-state index in [0.29, 0.717) is 24.2 Å². The van der Waals surface area contributed by atoms with Gasteiger partial charge < -0.3 is 14.6 Å². The molecule has 1 atom stereocenters. The predicted octanol–water partition coefficient (Wildman–Crippen LogP) is 4.53. The highest BCUT2D eigenvalue weighted by molar-refractivity contribution is 6.00. The summed E-state index contributed by atoms with van der Waals surface area (Å²) in [6, 6.07) is 11.5. The Hall–Kier alpha value is -3.08. The third-order valence-electron chi connectivity index (χ3n) is 5.83. The molecule has 0 aliphatic carbocycles. The maximum absolute atomic E-state index is 13.2. The van der Waals surface area contributed by atoms with Crippen molar-refractivity contribution >= 4 is 22.6 Å². The molecule has 1 aromatic heterocycles. The van der Waals surface area contributed by atoms with Crippen LogP contribution in [0.5, 0.6) is 5.75 Å². The number of likely N-dealkylation sites (tertiary alicyclic amines) is 1. The van der Waals surface area contributed by atoms with E-state index >= 15 is 0 Å². The van der Waals surface area contributed by atoms with Crippen LogP contribution in [-0.2, 0) is 0 Å². The normalized spacial score (nSPS) is 16.8. The molecule has 1 N–H and O–H groups in total. The number of amides is 1. The number of carbonyl (C=O) groups excluding carboxylic acids is 2. The Balaban J connectivity index is 1.53. The number of ketones is 1. The number of hydrogen-bond donors (Lipinski definition) is 1. The summed E-state index contributed by atoms with van der Waals surface area (Å²) in [4.78, 5) is 31.2. The SMILES string of the molecule is COc1c(C)cc(C(=O)[C@@H]2CCCN(C(=O)c3ccc4cc[nH]c4c3)C2)cc1C. The number of methoxy groups -OCH3 is 1. The second-order valence-corrected chi connectivity index (χ2v) is 7.88. The molecule has 2 aromatic carbocycles. The van der Waals surface area contributed by atoms with E-state index in [1.54, 1.807) is 7.11 Å². The monoisotopic (exact) mass is 390 g/mol. The first-order valence-corrected chi connectivity index (χ1v) is 10.0. The Bertz CT molecular complexity index is 1060. The van der Waals surface area contributed by atoms with Gasteiger partial charge in [0.1, 0.15) is 5.75 Å². The Morgan fingerprint density at radius 3 is 2.55 bits per heavy atom. The van der Waals surface area contributed by atoms with Gasteiger partial charge in [-0.25, -0.2) is 0 Å². The quantitative estimate of drug-likeness (QED) is 0.666. The molecule has 1 fully saturated rings. The molecule has 1 aliphatic heterocycles. The van der Waals surface area contributed by atoms with Gasteiger partial charge in [-0.1, -0.05) is 6.07 Å². The van der Waals surface area contributed by atoms with E-state index in [9.17, 15) is 9.59 Å². The zero-order valence-electron chi connectivity index (χ0n) is 17.1. The maximum atomic E-state index is 13.2. The van der Waals surface area contributed by atoms with E-state index in [0.717, 1.165) is 40.6 Å². The molecule has 0 saturated carbocycles. The van der Waals surface area contributed by atoms with Gasteiger partial charge in [0.15, 0.2) is 5.78 Å². The first kappa shape index (κ1) is 19.2. The fourth-order valence-electron chi connectivity index (χ4n) is 4.39. The van der Waals surface area contributed by atoms with Crippen LogP contribution in [0.15, 0.2) is 42.6 Å². The van der Waals surface area contributed by atoms with E-state index in [1.165, 1.54) is 0 Å². The van der Waals surface area contributed by atoms with Crippen molar-refractivity contribution in [3.05, 3.63) is 64.8 Å². The summed E-state index contributed by atoms with van der Waals surface area (Å²) in [5.74, 6) is 0.744. The van der Waals surface area contributed by atoms with Crippen molar-refractivity contribution in [2.24, 2.45) is 5.92 Å². The number of benzene rings is 2. The van der Waals surface area contributed by atoms with Crippen LogP contribution in [0.3, 0.4) is 0 Å². The second-order valence-electron chi connectivity index (χ2n) is 7.88. The minimum Gasteiger partial charge on any atom is -0.496 e. The van der Waals surface area contributed by atoms with E-state index in [4.69, 9.17) is 4.74 Å². The summed E-state index contributed by atoms with van der Waals surface area (Å²) in [7, 11) is 1.64. The molecular formula is C24H26N2O3. The topological polar surface area (TPSA) is 62.4 Å². The number of rotatable bonds is 4. The van der Waals surface area contributed by atoms with E-state index in [2.05, 4.69) is 4.98 Å². The molecule has 0 unspecified atom stereocenters. The van der Waals surface area contributed by atoms with Crippen LogP contribution in [0.1, 0.15) is 44.7 Å².